The summed E-state index contributed by atoms with van der Waals surface area (Å²) in [5, 5.41) is 23.7. The van der Waals surface area contributed by atoms with Gasteiger partial charge >= 0.3 is 12.0 Å². The molecule has 40 heavy (non-hydrogen) atoms. The normalized spacial score (nSPS) is 11.5. The van der Waals surface area contributed by atoms with E-state index in [1.807, 2.05) is 97.1 Å². The van der Waals surface area contributed by atoms with Gasteiger partial charge in [0.25, 0.3) is 5.22 Å². The summed E-state index contributed by atoms with van der Waals surface area (Å²) in [6, 6.07) is 32.7. The van der Waals surface area contributed by atoms with E-state index < -0.39 is 18.0 Å². The summed E-state index contributed by atoms with van der Waals surface area (Å²) in [7, 11) is 0. The van der Waals surface area contributed by atoms with Gasteiger partial charge in [-0.05, 0) is 46.5 Å². The zero-order valence-electron chi connectivity index (χ0n) is 21.4. The van der Waals surface area contributed by atoms with Gasteiger partial charge in [-0.1, -0.05) is 96.7 Å². The van der Waals surface area contributed by atoms with Gasteiger partial charge in [-0.25, -0.2) is 9.59 Å². The number of nitrogens with zero attached hydrogens (tertiary/aromatic N) is 2. The van der Waals surface area contributed by atoms with E-state index in [9.17, 15) is 14.7 Å². The largest absolute Gasteiger partial charge is 0.480 e. The molecule has 3 N–H and O–H groups in total. The van der Waals surface area contributed by atoms with E-state index in [-0.39, 0.29) is 6.42 Å². The van der Waals surface area contributed by atoms with Crippen LogP contribution in [0.1, 0.15) is 11.1 Å². The van der Waals surface area contributed by atoms with Crippen molar-refractivity contribution in [1.82, 2.24) is 15.5 Å². The predicted octanol–water partition coefficient (Wildman–Crippen LogP) is 6.51. The van der Waals surface area contributed by atoms with Crippen molar-refractivity contribution in [3.8, 4) is 22.6 Å². The average molecular weight is 551 g/mol. The molecule has 0 aliphatic heterocycles. The summed E-state index contributed by atoms with van der Waals surface area (Å²) >= 11 is 1.40. The van der Waals surface area contributed by atoms with Crippen LogP contribution in [0.2, 0.25) is 0 Å². The first-order chi connectivity index (χ1) is 19.5. The van der Waals surface area contributed by atoms with E-state index in [4.69, 9.17) is 4.42 Å². The van der Waals surface area contributed by atoms with Crippen molar-refractivity contribution in [2.75, 3.05) is 5.32 Å². The molecule has 1 atom stereocenters. The van der Waals surface area contributed by atoms with E-state index in [1.165, 1.54) is 11.8 Å². The molecule has 0 saturated heterocycles. The quantitative estimate of drug-likeness (QED) is 0.170. The van der Waals surface area contributed by atoms with Crippen LogP contribution in [0.15, 0.2) is 119 Å². The molecule has 0 saturated carbocycles. The van der Waals surface area contributed by atoms with Gasteiger partial charge in [-0.15, -0.1) is 10.2 Å². The van der Waals surface area contributed by atoms with Crippen molar-refractivity contribution < 1.29 is 19.1 Å². The molecule has 4 aromatic carbocycles. The highest BCUT2D eigenvalue weighted by atomic mass is 32.2. The van der Waals surface area contributed by atoms with Crippen LogP contribution in [0.4, 0.5) is 10.5 Å². The number of anilines is 1. The Morgan fingerprint density at radius 3 is 2.12 bits per heavy atom. The minimum atomic E-state index is -1.12. The summed E-state index contributed by atoms with van der Waals surface area (Å²) in [6.07, 6.45) is 0.132. The zero-order valence-corrected chi connectivity index (χ0v) is 22.2. The third kappa shape index (κ3) is 7.15. The van der Waals surface area contributed by atoms with Gasteiger partial charge < -0.3 is 20.2 Å². The fraction of sp³-hybridized carbons (Fsp3) is 0.0968. The van der Waals surface area contributed by atoms with Gasteiger partial charge in [0.2, 0.25) is 5.89 Å². The first kappa shape index (κ1) is 26.7. The van der Waals surface area contributed by atoms with Crippen LogP contribution in [0.25, 0.3) is 22.6 Å². The number of benzene rings is 4. The third-order valence-electron chi connectivity index (χ3n) is 6.07. The number of hydrogen-bond donors (Lipinski definition) is 3. The number of amides is 2. The van der Waals surface area contributed by atoms with E-state index in [0.717, 1.165) is 27.8 Å². The number of hydrogen-bond acceptors (Lipinski definition) is 6. The molecule has 0 aliphatic carbocycles. The number of rotatable bonds is 10. The van der Waals surface area contributed by atoms with Crippen LogP contribution in [-0.4, -0.2) is 33.3 Å². The van der Waals surface area contributed by atoms with E-state index in [0.29, 0.717) is 22.6 Å². The van der Waals surface area contributed by atoms with Crippen molar-refractivity contribution in [3.05, 3.63) is 120 Å². The summed E-state index contributed by atoms with van der Waals surface area (Å²) in [5.41, 5.74) is 5.26. The molecule has 1 aromatic heterocycles. The van der Waals surface area contributed by atoms with Crippen LogP contribution in [0, 0.1) is 0 Å². The molecule has 8 nitrogen and oxygen atoms in total. The summed E-state index contributed by atoms with van der Waals surface area (Å²) in [4.78, 5) is 24.5. The molecule has 1 heterocycles. The monoisotopic (exact) mass is 550 g/mol. The lowest BCUT2D eigenvalue weighted by Crippen LogP contribution is -2.44. The van der Waals surface area contributed by atoms with Gasteiger partial charge in [0.1, 0.15) is 6.04 Å². The number of urea groups is 1. The summed E-state index contributed by atoms with van der Waals surface area (Å²) in [6.45, 7) is 0. The highest BCUT2D eigenvalue weighted by Gasteiger charge is 2.21. The number of aliphatic carboxylic acids is 1. The average Bonchev–Trinajstić information content (AvgIpc) is 3.46. The van der Waals surface area contributed by atoms with Crippen LogP contribution < -0.4 is 10.6 Å². The zero-order chi connectivity index (χ0) is 27.7. The fourth-order valence-electron chi connectivity index (χ4n) is 4.09. The standard InChI is InChI=1S/C31H26N4O4S/c36-29(37)27(33-30(38)32-26-16-14-24(15-17-26)23-10-3-1-4-11-23)19-21-8-7-9-22(18-21)20-40-31-35-34-28(39-31)25-12-5-2-6-13-25/h1-18,27H,19-20H2,(H,36,37)(H2,32,33,38). The van der Waals surface area contributed by atoms with Crippen molar-refractivity contribution >= 4 is 29.4 Å². The number of carbonyl (C=O) groups is 2. The van der Waals surface area contributed by atoms with Crippen LogP contribution >= 0.6 is 11.8 Å². The molecular formula is C31H26N4O4S. The Balaban J connectivity index is 1.16. The maximum Gasteiger partial charge on any atom is 0.326 e. The second-order valence-electron chi connectivity index (χ2n) is 8.98. The van der Waals surface area contributed by atoms with Crippen LogP contribution in [0.3, 0.4) is 0 Å². The number of carbonyl (C=O) groups excluding carboxylic acids is 1. The van der Waals surface area contributed by atoms with Crippen LogP contribution in [-0.2, 0) is 17.0 Å². The molecule has 0 radical (unpaired) electrons. The molecule has 5 aromatic rings. The lowest BCUT2D eigenvalue weighted by molar-refractivity contribution is -0.139. The van der Waals surface area contributed by atoms with Crippen molar-refractivity contribution in [2.24, 2.45) is 0 Å². The van der Waals surface area contributed by atoms with Gasteiger partial charge in [-0.3, -0.25) is 0 Å². The highest BCUT2D eigenvalue weighted by molar-refractivity contribution is 7.98. The Labute approximate surface area is 235 Å². The maximum atomic E-state index is 12.6. The summed E-state index contributed by atoms with van der Waals surface area (Å²) in [5.74, 6) is -0.0965. The molecule has 1 unspecified atom stereocenters. The third-order valence-corrected chi connectivity index (χ3v) is 6.96. The smallest absolute Gasteiger partial charge is 0.326 e. The molecule has 0 aliphatic rings. The molecule has 200 valence electrons. The van der Waals surface area contributed by atoms with Gasteiger partial charge in [0, 0.05) is 23.4 Å². The Morgan fingerprint density at radius 1 is 0.775 bits per heavy atom. The molecule has 9 heteroatoms. The van der Waals surface area contributed by atoms with E-state index in [1.54, 1.807) is 12.1 Å². The predicted molar refractivity (Wildman–Crippen MR) is 155 cm³/mol. The SMILES string of the molecule is O=C(Nc1ccc(-c2ccccc2)cc1)NC(Cc1cccc(CSc2nnc(-c3ccccc3)o2)c1)C(=O)O. The van der Waals surface area contributed by atoms with Crippen LogP contribution in [0.5, 0.6) is 0 Å². The van der Waals surface area contributed by atoms with E-state index in [2.05, 4.69) is 20.8 Å². The first-order valence-electron chi connectivity index (χ1n) is 12.6. The first-order valence-corrected chi connectivity index (χ1v) is 13.6. The Kier molecular flexibility index (Phi) is 8.53. The molecule has 0 spiro atoms. The topological polar surface area (TPSA) is 117 Å². The summed E-state index contributed by atoms with van der Waals surface area (Å²) < 4.78 is 5.75. The number of aromatic nitrogens is 2. The molecule has 5 rings (SSSR count). The van der Waals surface area contributed by atoms with Crippen molar-refractivity contribution in [3.63, 3.8) is 0 Å². The minimum absolute atomic E-state index is 0.132. The molecular weight excluding hydrogens is 524 g/mol. The van der Waals surface area contributed by atoms with Crippen molar-refractivity contribution in [2.45, 2.75) is 23.4 Å². The highest BCUT2D eigenvalue weighted by Crippen LogP contribution is 2.26. The number of nitrogens with one attached hydrogen (secondary N) is 2. The molecule has 0 fully saturated rings. The number of carboxylic acid groups (broad SMARTS) is 1. The molecule has 0 bridgehead atoms. The number of thioether (sulfide) groups is 1. The Bertz CT molecular complexity index is 1570. The van der Waals surface area contributed by atoms with E-state index >= 15 is 0 Å². The van der Waals surface area contributed by atoms with Gasteiger partial charge in [0.15, 0.2) is 0 Å². The Morgan fingerprint density at radius 2 is 1.43 bits per heavy atom. The van der Waals surface area contributed by atoms with Gasteiger partial charge in [-0.2, -0.15) is 0 Å². The lowest BCUT2D eigenvalue weighted by atomic mass is 10.0. The minimum Gasteiger partial charge on any atom is -0.480 e. The second-order valence-corrected chi connectivity index (χ2v) is 9.91. The number of carboxylic acids is 1. The van der Waals surface area contributed by atoms with Gasteiger partial charge in [0.05, 0.1) is 0 Å². The second kappa shape index (κ2) is 12.8. The van der Waals surface area contributed by atoms with Crippen molar-refractivity contribution in [1.29, 1.82) is 0 Å². The lowest BCUT2D eigenvalue weighted by Gasteiger charge is -2.16. The fourth-order valence-corrected chi connectivity index (χ4v) is 4.80. The molecule has 2 amide bonds. The maximum absolute atomic E-state index is 12.6. The Hall–Kier alpha value is -4.89.